The Labute approximate surface area is 218 Å². The van der Waals surface area contributed by atoms with Crippen LogP contribution in [0.1, 0.15) is 44.4 Å². The van der Waals surface area contributed by atoms with E-state index in [1.807, 2.05) is 31.2 Å². The Hall–Kier alpha value is -2.48. The third kappa shape index (κ3) is 4.21. The fourth-order valence-electron chi connectivity index (χ4n) is 4.70. The lowest BCUT2D eigenvalue weighted by Gasteiger charge is -2.43. The average molecular weight is 559 g/mol. The van der Waals surface area contributed by atoms with Gasteiger partial charge in [-0.1, -0.05) is 33.6 Å². The van der Waals surface area contributed by atoms with Crippen molar-refractivity contribution in [3.63, 3.8) is 0 Å². The molecule has 0 aliphatic carbocycles. The summed E-state index contributed by atoms with van der Waals surface area (Å²) in [7, 11) is 0. The first-order chi connectivity index (χ1) is 15.9. The van der Waals surface area contributed by atoms with Crippen LogP contribution in [0.25, 0.3) is 11.6 Å². The van der Waals surface area contributed by atoms with Gasteiger partial charge in [-0.3, -0.25) is 19.8 Å². The summed E-state index contributed by atoms with van der Waals surface area (Å²) in [5.41, 5.74) is 5.06. The molecule has 2 aliphatic heterocycles. The topological polar surface area (TPSA) is 52.7 Å². The Balaban J connectivity index is 1.81. The van der Waals surface area contributed by atoms with Crippen molar-refractivity contribution in [2.24, 2.45) is 0 Å². The second kappa shape index (κ2) is 8.95. The summed E-state index contributed by atoms with van der Waals surface area (Å²) in [5, 5.41) is 3.16. The number of amides is 2. The molecule has 0 atom stereocenters. The normalized spacial score (nSPS) is 18.7. The van der Waals surface area contributed by atoms with Crippen molar-refractivity contribution in [2.45, 2.75) is 40.2 Å². The summed E-state index contributed by atoms with van der Waals surface area (Å²) < 4.78 is 0.887. The van der Waals surface area contributed by atoms with Crippen LogP contribution in [0.5, 0.6) is 0 Å². The highest BCUT2D eigenvalue weighted by Gasteiger charge is 2.36. The van der Waals surface area contributed by atoms with Crippen LogP contribution in [-0.4, -0.2) is 29.0 Å². The number of carbonyl (C=O) groups is 2. The quantitative estimate of drug-likeness (QED) is 0.274. The molecule has 2 aliphatic rings. The highest BCUT2D eigenvalue weighted by molar-refractivity contribution is 9.10. The minimum Gasteiger partial charge on any atom is -0.363 e. The first kappa shape index (κ1) is 24.6. The van der Waals surface area contributed by atoms with Crippen molar-refractivity contribution in [1.82, 2.24) is 5.32 Å². The number of nitrogens with zero attached hydrogens (tertiary/aromatic N) is 2. The van der Waals surface area contributed by atoms with E-state index in [-0.39, 0.29) is 16.2 Å². The van der Waals surface area contributed by atoms with Gasteiger partial charge in [-0.05, 0) is 99.9 Å². The van der Waals surface area contributed by atoms with Crippen LogP contribution in [0.15, 0.2) is 46.5 Å². The first-order valence-corrected chi connectivity index (χ1v) is 12.5. The van der Waals surface area contributed by atoms with Gasteiger partial charge in [0.15, 0.2) is 5.11 Å². The van der Waals surface area contributed by atoms with Crippen molar-refractivity contribution in [3.05, 3.63) is 68.2 Å². The smallest absolute Gasteiger partial charge is 0.270 e. The van der Waals surface area contributed by atoms with E-state index < -0.39 is 11.8 Å². The van der Waals surface area contributed by atoms with Gasteiger partial charge in [0.1, 0.15) is 5.57 Å². The molecule has 34 heavy (non-hydrogen) atoms. The Morgan fingerprint density at radius 3 is 2.50 bits per heavy atom. The molecule has 1 N–H and O–H groups in total. The van der Waals surface area contributed by atoms with Crippen molar-refractivity contribution in [2.75, 3.05) is 16.3 Å². The molecule has 5 nitrogen and oxygen atoms in total. The van der Waals surface area contributed by atoms with Crippen LogP contribution in [0.3, 0.4) is 0 Å². The maximum atomic E-state index is 13.5. The zero-order valence-electron chi connectivity index (χ0n) is 19.6. The third-order valence-electron chi connectivity index (χ3n) is 6.21. The molecule has 2 heterocycles. The van der Waals surface area contributed by atoms with Crippen LogP contribution in [0.2, 0.25) is 5.02 Å². The van der Waals surface area contributed by atoms with Gasteiger partial charge in [0, 0.05) is 27.3 Å². The lowest BCUT2D eigenvalue weighted by Crippen LogP contribution is -2.54. The molecule has 0 spiro atoms. The maximum absolute atomic E-state index is 13.5. The monoisotopic (exact) mass is 557 g/mol. The van der Waals surface area contributed by atoms with E-state index in [4.69, 9.17) is 23.8 Å². The first-order valence-electron chi connectivity index (χ1n) is 10.9. The molecule has 176 valence electrons. The number of rotatable bonds is 3. The van der Waals surface area contributed by atoms with Crippen molar-refractivity contribution in [3.8, 4) is 0 Å². The lowest BCUT2D eigenvalue weighted by molar-refractivity contribution is -0.122. The van der Waals surface area contributed by atoms with Gasteiger partial charge >= 0.3 is 0 Å². The largest absolute Gasteiger partial charge is 0.363 e. The predicted octanol–water partition coefficient (Wildman–Crippen LogP) is 6.26. The number of hydrogen-bond donors (Lipinski definition) is 1. The summed E-state index contributed by atoms with van der Waals surface area (Å²) in [6.07, 6.45) is 3.77. The molecule has 2 aromatic rings. The summed E-state index contributed by atoms with van der Waals surface area (Å²) in [6.45, 7) is 11.2. The molecule has 0 aromatic heterocycles. The number of benzene rings is 2. The van der Waals surface area contributed by atoms with Gasteiger partial charge in [-0.25, -0.2) is 0 Å². The van der Waals surface area contributed by atoms with Crippen LogP contribution in [0.4, 0.5) is 11.4 Å². The van der Waals surface area contributed by atoms with Crippen molar-refractivity contribution in [1.29, 1.82) is 0 Å². The van der Waals surface area contributed by atoms with Gasteiger partial charge in [-0.2, -0.15) is 0 Å². The molecule has 2 amide bonds. The van der Waals surface area contributed by atoms with E-state index in [0.717, 1.165) is 33.4 Å². The number of hydrogen-bond acceptors (Lipinski definition) is 4. The third-order valence-corrected chi connectivity index (χ3v) is 7.32. The van der Waals surface area contributed by atoms with E-state index in [9.17, 15) is 9.59 Å². The predicted molar refractivity (Wildman–Crippen MR) is 147 cm³/mol. The Kier molecular flexibility index (Phi) is 6.48. The van der Waals surface area contributed by atoms with Gasteiger partial charge in [-0.15, -0.1) is 0 Å². The van der Waals surface area contributed by atoms with Gasteiger partial charge in [0.05, 0.1) is 11.2 Å². The molecule has 0 unspecified atom stereocenters. The van der Waals surface area contributed by atoms with Crippen LogP contribution in [-0.2, 0) is 9.59 Å². The molecule has 2 aromatic carbocycles. The summed E-state index contributed by atoms with van der Waals surface area (Å²) in [5.74, 6) is -1.03. The zero-order chi connectivity index (χ0) is 24.9. The number of fused-ring (bicyclic) bond motifs is 1. The molecular weight excluding hydrogens is 534 g/mol. The summed E-state index contributed by atoms with van der Waals surface area (Å²) in [6, 6.07) is 9.37. The highest BCUT2D eigenvalue weighted by atomic mass is 79.9. The standard InChI is InChI=1S/C26H25BrClN3O2S/c1-6-30-22-12-20(28)16(10-18(22)15(3)13-26(30,4)5)11-19-23(32)29-25(34)31(24(19)33)21-8-7-17(27)9-14(21)2/h7-13H,6H2,1-5H3,(H,29,32,34)/b19-11-. The van der Waals surface area contributed by atoms with Gasteiger partial charge in [0.25, 0.3) is 11.8 Å². The lowest BCUT2D eigenvalue weighted by atomic mass is 9.87. The van der Waals surface area contributed by atoms with E-state index in [1.165, 1.54) is 4.90 Å². The average Bonchev–Trinajstić information content (AvgIpc) is 2.72. The number of carbonyl (C=O) groups excluding carboxylic acids is 2. The number of anilines is 2. The minimum atomic E-state index is -0.543. The Bertz CT molecular complexity index is 1320. The second-order valence-corrected chi connectivity index (χ2v) is 10.7. The zero-order valence-corrected chi connectivity index (χ0v) is 22.8. The molecule has 0 bridgehead atoms. The van der Waals surface area contributed by atoms with E-state index in [1.54, 1.807) is 12.1 Å². The molecule has 1 fully saturated rings. The molecule has 0 radical (unpaired) electrons. The van der Waals surface area contributed by atoms with Crippen LogP contribution >= 0.6 is 39.7 Å². The number of nitrogens with one attached hydrogen (secondary N) is 1. The summed E-state index contributed by atoms with van der Waals surface area (Å²) >= 11 is 15.5. The molecular formula is C26H25BrClN3O2S. The molecule has 1 saturated heterocycles. The Morgan fingerprint density at radius 2 is 1.85 bits per heavy atom. The summed E-state index contributed by atoms with van der Waals surface area (Å²) in [4.78, 5) is 29.9. The number of halogens is 2. The Morgan fingerprint density at radius 1 is 1.15 bits per heavy atom. The number of aryl methyl sites for hydroxylation is 1. The van der Waals surface area contributed by atoms with Crippen molar-refractivity contribution < 1.29 is 9.59 Å². The van der Waals surface area contributed by atoms with Gasteiger partial charge < -0.3 is 4.90 Å². The SMILES string of the molecule is CCN1c2cc(Cl)c(/C=C3/C(=O)NC(=S)N(c4ccc(Br)cc4C)C3=O)cc2C(C)=CC1(C)C. The molecule has 8 heteroatoms. The van der Waals surface area contributed by atoms with Crippen molar-refractivity contribution >= 4 is 79.7 Å². The van der Waals surface area contributed by atoms with Gasteiger partial charge in [0.2, 0.25) is 0 Å². The molecule has 0 saturated carbocycles. The van der Waals surface area contributed by atoms with Crippen LogP contribution < -0.4 is 15.1 Å². The van der Waals surface area contributed by atoms with E-state index >= 15 is 0 Å². The fraction of sp³-hybridized carbons (Fsp3) is 0.269. The van der Waals surface area contributed by atoms with Crippen LogP contribution in [0, 0.1) is 6.92 Å². The number of allylic oxidation sites excluding steroid dienone is 1. The van der Waals surface area contributed by atoms with E-state index in [2.05, 4.69) is 59.9 Å². The van der Waals surface area contributed by atoms with E-state index in [0.29, 0.717) is 16.3 Å². The number of likely N-dealkylation sites (N-methyl/N-ethyl adjacent to an activating group) is 1. The minimum absolute atomic E-state index is 0.0251. The fourth-order valence-corrected chi connectivity index (χ4v) is 5.67. The number of thiocarbonyl (C=S) groups is 1. The highest BCUT2D eigenvalue weighted by Crippen LogP contribution is 2.42. The maximum Gasteiger partial charge on any atom is 0.270 e. The molecule has 4 rings (SSSR count). The second-order valence-electron chi connectivity index (χ2n) is 9.00.